The van der Waals surface area contributed by atoms with Crippen molar-refractivity contribution in [1.29, 1.82) is 0 Å². The Bertz CT molecular complexity index is 484. The van der Waals surface area contributed by atoms with Gasteiger partial charge >= 0.3 is 0 Å². The summed E-state index contributed by atoms with van der Waals surface area (Å²) in [6.45, 7) is 0. The fourth-order valence-electron chi connectivity index (χ4n) is 2.96. The molecule has 0 spiro atoms. The summed E-state index contributed by atoms with van der Waals surface area (Å²) in [6.07, 6.45) is 7.38. The molecule has 2 fully saturated rings. The fraction of sp³-hybridized carbons (Fsp3) is 0.588. The third-order valence-electron chi connectivity index (χ3n) is 4.51. The average molecular weight is 305 g/mol. The van der Waals surface area contributed by atoms with Gasteiger partial charge in [0, 0.05) is 10.8 Å². The van der Waals surface area contributed by atoms with Gasteiger partial charge in [0.25, 0.3) is 0 Å². The summed E-state index contributed by atoms with van der Waals surface area (Å²) in [4.78, 5) is 12.7. The second-order valence-corrected chi connectivity index (χ2v) is 7.18. The number of aliphatic hydroxyl groups excluding tert-OH is 1. The highest BCUT2D eigenvalue weighted by atomic mass is 32.2. The molecule has 0 heterocycles. The summed E-state index contributed by atoms with van der Waals surface area (Å²) < 4.78 is 2.91. The largest absolute Gasteiger partial charge is 0.393 e. The predicted octanol–water partition coefficient (Wildman–Crippen LogP) is 3.31. The molecule has 1 aromatic rings. The van der Waals surface area contributed by atoms with E-state index >= 15 is 0 Å². The first-order valence-corrected chi connectivity index (χ1v) is 8.78. The zero-order chi connectivity index (χ0) is 14.7. The molecule has 2 N–H and O–H groups in total. The van der Waals surface area contributed by atoms with E-state index in [0.717, 1.165) is 43.4 Å². The molecule has 0 bridgehead atoms. The maximum Gasteiger partial charge on any atom is 0.233 e. The van der Waals surface area contributed by atoms with E-state index in [1.165, 1.54) is 23.9 Å². The van der Waals surface area contributed by atoms with Crippen LogP contribution in [0.25, 0.3) is 0 Å². The van der Waals surface area contributed by atoms with Gasteiger partial charge in [-0.25, -0.2) is 0 Å². The average Bonchev–Trinajstić information content (AvgIpc) is 3.33. The van der Waals surface area contributed by atoms with Crippen LogP contribution in [0.1, 0.15) is 44.1 Å². The molecule has 0 radical (unpaired) electrons. The predicted molar refractivity (Wildman–Crippen MR) is 84.8 cm³/mol. The van der Waals surface area contributed by atoms with Crippen LogP contribution >= 0.6 is 11.9 Å². The number of carbonyl (C=O) groups is 1. The van der Waals surface area contributed by atoms with Gasteiger partial charge in [-0.1, -0.05) is 25.0 Å². The molecule has 2 atom stereocenters. The van der Waals surface area contributed by atoms with Crippen LogP contribution in [-0.4, -0.2) is 17.1 Å². The first kappa shape index (κ1) is 14.9. The summed E-state index contributed by atoms with van der Waals surface area (Å²) in [7, 11) is 0. The van der Waals surface area contributed by atoms with Crippen molar-refractivity contribution < 1.29 is 9.90 Å². The Morgan fingerprint density at radius 3 is 2.52 bits per heavy atom. The van der Waals surface area contributed by atoms with Crippen molar-refractivity contribution in [3.05, 3.63) is 29.8 Å². The number of amides is 1. The van der Waals surface area contributed by atoms with Crippen molar-refractivity contribution in [1.82, 2.24) is 4.72 Å². The van der Waals surface area contributed by atoms with Crippen LogP contribution in [0.5, 0.6) is 0 Å². The highest BCUT2D eigenvalue weighted by Crippen LogP contribution is 2.30. The van der Waals surface area contributed by atoms with Gasteiger partial charge in [-0.15, -0.1) is 0 Å². The highest BCUT2D eigenvalue weighted by molar-refractivity contribution is 7.98. The molecule has 2 saturated carbocycles. The molecule has 1 amide bonds. The van der Waals surface area contributed by atoms with Gasteiger partial charge in [0.1, 0.15) is 0 Å². The standard InChI is InChI=1S/C17H23NO2S/c19-16-4-2-1-3-14(16)11-12-5-9-15(10-6-12)21-18-17(20)13-7-8-13/h5-6,9-10,13-14,16,19H,1-4,7-8,11H2,(H,18,20)/t14?,16-/m1/s1. The molecule has 2 aliphatic carbocycles. The second-order valence-electron chi connectivity index (χ2n) is 6.30. The van der Waals surface area contributed by atoms with E-state index in [2.05, 4.69) is 29.0 Å². The van der Waals surface area contributed by atoms with Crippen LogP contribution in [0.4, 0.5) is 0 Å². The van der Waals surface area contributed by atoms with Gasteiger partial charge in [0.15, 0.2) is 0 Å². The minimum absolute atomic E-state index is 0.134. The van der Waals surface area contributed by atoms with E-state index in [9.17, 15) is 9.90 Å². The maximum atomic E-state index is 11.6. The molecule has 114 valence electrons. The van der Waals surface area contributed by atoms with Gasteiger partial charge < -0.3 is 5.11 Å². The zero-order valence-corrected chi connectivity index (χ0v) is 13.1. The van der Waals surface area contributed by atoms with Crippen LogP contribution in [0.3, 0.4) is 0 Å². The summed E-state index contributed by atoms with van der Waals surface area (Å²) >= 11 is 1.40. The molecule has 1 unspecified atom stereocenters. The number of benzene rings is 1. The number of hydrogen-bond donors (Lipinski definition) is 2. The monoisotopic (exact) mass is 305 g/mol. The number of rotatable bonds is 5. The summed E-state index contributed by atoms with van der Waals surface area (Å²) in [6, 6.07) is 8.35. The van der Waals surface area contributed by atoms with E-state index in [4.69, 9.17) is 0 Å². The van der Waals surface area contributed by atoms with E-state index in [-0.39, 0.29) is 17.9 Å². The number of carbonyl (C=O) groups excluding carboxylic acids is 1. The lowest BCUT2D eigenvalue weighted by molar-refractivity contribution is -0.120. The van der Waals surface area contributed by atoms with Crippen molar-refractivity contribution in [2.75, 3.05) is 0 Å². The van der Waals surface area contributed by atoms with Crippen LogP contribution in [0.15, 0.2) is 29.2 Å². The first-order valence-electron chi connectivity index (χ1n) is 7.96. The first-order chi connectivity index (χ1) is 10.2. The zero-order valence-electron chi connectivity index (χ0n) is 12.3. The molecule has 3 nitrogen and oxygen atoms in total. The van der Waals surface area contributed by atoms with E-state index in [0.29, 0.717) is 5.92 Å². The van der Waals surface area contributed by atoms with Gasteiger partial charge in [-0.3, -0.25) is 9.52 Å². The van der Waals surface area contributed by atoms with E-state index in [1.54, 1.807) is 0 Å². The second kappa shape index (κ2) is 6.84. The molecule has 0 aromatic heterocycles. The van der Waals surface area contributed by atoms with E-state index in [1.807, 2.05) is 0 Å². The minimum Gasteiger partial charge on any atom is -0.393 e. The molecular formula is C17H23NO2S. The van der Waals surface area contributed by atoms with Crippen molar-refractivity contribution in [2.24, 2.45) is 11.8 Å². The Hall–Kier alpha value is -1.00. The van der Waals surface area contributed by atoms with E-state index < -0.39 is 0 Å². The third kappa shape index (κ3) is 4.24. The highest BCUT2D eigenvalue weighted by Gasteiger charge is 2.29. The number of hydrogen-bond acceptors (Lipinski definition) is 3. The molecule has 1 aromatic carbocycles. The number of nitrogens with one attached hydrogen (secondary N) is 1. The summed E-state index contributed by atoms with van der Waals surface area (Å²) in [5.41, 5.74) is 1.28. The Kier molecular flexibility index (Phi) is 4.86. The smallest absolute Gasteiger partial charge is 0.233 e. The van der Waals surface area contributed by atoms with Crippen molar-refractivity contribution >= 4 is 17.9 Å². The lowest BCUT2D eigenvalue weighted by Gasteiger charge is -2.27. The Balaban J connectivity index is 1.50. The lowest BCUT2D eigenvalue weighted by atomic mass is 9.82. The Labute approximate surface area is 130 Å². The Morgan fingerprint density at radius 2 is 1.86 bits per heavy atom. The minimum atomic E-state index is -0.134. The summed E-state index contributed by atoms with van der Waals surface area (Å²) in [5.74, 6) is 0.825. The molecule has 2 aliphatic rings. The lowest BCUT2D eigenvalue weighted by Crippen LogP contribution is -2.26. The quantitative estimate of drug-likeness (QED) is 0.821. The van der Waals surface area contributed by atoms with Gasteiger partial charge in [-0.05, 0) is 67.7 Å². The van der Waals surface area contributed by atoms with Gasteiger partial charge in [0.2, 0.25) is 5.91 Å². The molecule has 3 rings (SSSR count). The molecule has 0 saturated heterocycles. The molecule has 0 aliphatic heterocycles. The van der Waals surface area contributed by atoms with Crippen LogP contribution in [-0.2, 0) is 11.2 Å². The Morgan fingerprint density at radius 1 is 1.14 bits per heavy atom. The third-order valence-corrected chi connectivity index (χ3v) is 5.32. The topological polar surface area (TPSA) is 49.3 Å². The molecular weight excluding hydrogens is 282 g/mol. The molecule has 4 heteroatoms. The van der Waals surface area contributed by atoms with Crippen LogP contribution in [0, 0.1) is 11.8 Å². The normalized spacial score (nSPS) is 25.6. The maximum absolute atomic E-state index is 11.6. The summed E-state index contributed by atoms with van der Waals surface area (Å²) in [5, 5.41) is 10.0. The van der Waals surface area contributed by atoms with Crippen molar-refractivity contribution in [3.63, 3.8) is 0 Å². The fourth-order valence-corrected chi connectivity index (χ4v) is 3.62. The van der Waals surface area contributed by atoms with Gasteiger partial charge in [-0.2, -0.15) is 0 Å². The van der Waals surface area contributed by atoms with Crippen molar-refractivity contribution in [3.8, 4) is 0 Å². The van der Waals surface area contributed by atoms with Crippen LogP contribution in [0.2, 0.25) is 0 Å². The number of aliphatic hydroxyl groups is 1. The SMILES string of the molecule is O=C(NSc1ccc(CC2CCCC[C@H]2O)cc1)C1CC1. The van der Waals surface area contributed by atoms with Crippen molar-refractivity contribution in [2.45, 2.75) is 55.9 Å². The molecule has 21 heavy (non-hydrogen) atoms. The van der Waals surface area contributed by atoms with Gasteiger partial charge in [0.05, 0.1) is 6.10 Å². The van der Waals surface area contributed by atoms with Crippen LogP contribution < -0.4 is 4.72 Å².